The Bertz CT molecular complexity index is 391. The average Bonchev–Trinajstić information content (AvgIpc) is 2.45. The van der Waals surface area contributed by atoms with Crippen molar-refractivity contribution in [1.29, 1.82) is 0 Å². The van der Waals surface area contributed by atoms with Gasteiger partial charge < -0.3 is 14.8 Å². The minimum atomic E-state index is 0.388. The summed E-state index contributed by atoms with van der Waals surface area (Å²) in [6, 6.07) is 6.59. The standard InChI is InChI=1S/C17H29NO2/c1-6-18-15(9-7-8-13(2)3)14-10-11-16(19-4)17(12-14)20-5/h10-13,15,18H,6-9H2,1-5H3. The van der Waals surface area contributed by atoms with Crippen molar-refractivity contribution >= 4 is 0 Å². The van der Waals surface area contributed by atoms with Crippen LogP contribution in [0.25, 0.3) is 0 Å². The lowest BCUT2D eigenvalue weighted by molar-refractivity contribution is 0.353. The Kier molecular flexibility index (Phi) is 7.45. The van der Waals surface area contributed by atoms with Gasteiger partial charge in [-0.05, 0) is 36.6 Å². The molecule has 0 saturated carbocycles. The third-order valence-corrected chi connectivity index (χ3v) is 3.53. The Hall–Kier alpha value is -1.22. The molecular formula is C17H29NO2. The van der Waals surface area contributed by atoms with Gasteiger partial charge in [-0.3, -0.25) is 0 Å². The summed E-state index contributed by atoms with van der Waals surface area (Å²) in [7, 11) is 3.35. The van der Waals surface area contributed by atoms with Gasteiger partial charge in [0, 0.05) is 6.04 Å². The lowest BCUT2D eigenvalue weighted by Gasteiger charge is -2.20. The van der Waals surface area contributed by atoms with Crippen LogP contribution in [-0.2, 0) is 0 Å². The van der Waals surface area contributed by atoms with Crippen molar-refractivity contribution in [1.82, 2.24) is 5.32 Å². The molecule has 1 aromatic carbocycles. The Morgan fingerprint density at radius 2 is 1.75 bits per heavy atom. The zero-order valence-electron chi connectivity index (χ0n) is 13.5. The SMILES string of the molecule is CCNC(CCCC(C)C)c1ccc(OC)c(OC)c1. The summed E-state index contributed by atoms with van der Waals surface area (Å²) < 4.78 is 10.7. The third-order valence-electron chi connectivity index (χ3n) is 3.53. The van der Waals surface area contributed by atoms with Crippen LogP contribution in [0.5, 0.6) is 11.5 Å². The normalized spacial score (nSPS) is 12.5. The van der Waals surface area contributed by atoms with Crippen LogP contribution in [0, 0.1) is 5.92 Å². The van der Waals surface area contributed by atoms with E-state index in [1.54, 1.807) is 14.2 Å². The van der Waals surface area contributed by atoms with Gasteiger partial charge in [0.2, 0.25) is 0 Å². The highest BCUT2D eigenvalue weighted by Crippen LogP contribution is 2.31. The highest BCUT2D eigenvalue weighted by Gasteiger charge is 2.13. The molecule has 0 aliphatic carbocycles. The van der Waals surface area contributed by atoms with Crippen LogP contribution in [0.3, 0.4) is 0 Å². The molecule has 0 radical (unpaired) electrons. The summed E-state index contributed by atoms with van der Waals surface area (Å²) in [5, 5.41) is 3.57. The van der Waals surface area contributed by atoms with E-state index in [0.717, 1.165) is 30.4 Å². The van der Waals surface area contributed by atoms with Gasteiger partial charge in [0.25, 0.3) is 0 Å². The minimum Gasteiger partial charge on any atom is -0.493 e. The molecule has 1 atom stereocenters. The van der Waals surface area contributed by atoms with Crippen LogP contribution < -0.4 is 14.8 Å². The fraction of sp³-hybridized carbons (Fsp3) is 0.647. The van der Waals surface area contributed by atoms with Crippen molar-refractivity contribution in [2.45, 2.75) is 46.1 Å². The number of benzene rings is 1. The number of methoxy groups -OCH3 is 2. The highest BCUT2D eigenvalue weighted by molar-refractivity contribution is 5.43. The van der Waals surface area contributed by atoms with E-state index in [1.807, 2.05) is 6.07 Å². The van der Waals surface area contributed by atoms with Crippen molar-refractivity contribution in [2.24, 2.45) is 5.92 Å². The van der Waals surface area contributed by atoms with Crippen molar-refractivity contribution < 1.29 is 9.47 Å². The van der Waals surface area contributed by atoms with Gasteiger partial charge in [-0.25, -0.2) is 0 Å². The molecule has 20 heavy (non-hydrogen) atoms. The molecule has 3 nitrogen and oxygen atoms in total. The van der Waals surface area contributed by atoms with Crippen molar-refractivity contribution in [3.05, 3.63) is 23.8 Å². The van der Waals surface area contributed by atoms with Crippen molar-refractivity contribution in [3.63, 3.8) is 0 Å². The molecule has 0 aromatic heterocycles. The van der Waals surface area contributed by atoms with E-state index in [-0.39, 0.29) is 0 Å². The van der Waals surface area contributed by atoms with E-state index in [2.05, 4.69) is 38.2 Å². The molecule has 3 heteroatoms. The number of hydrogen-bond acceptors (Lipinski definition) is 3. The van der Waals surface area contributed by atoms with E-state index in [9.17, 15) is 0 Å². The first kappa shape index (κ1) is 16.8. The molecule has 1 N–H and O–H groups in total. The summed E-state index contributed by atoms with van der Waals surface area (Å²) in [4.78, 5) is 0. The zero-order valence-corrected chi connectivity index (χ0v) is 13.5. The average molecular weight is 279 g/mol. The first-order valence-corrected chi connectivity index (χ1v) is 7.57. The van der Waals surface area contributed by atoms with Gasteiger partial charge in [-0.15, -0.1) is 0 Å². The molecule has 0 bridgehead atoms. The predicted molar refractivity (Wildman–Crippen MR) is 84.7 cm³/mol. The van der Waals surface area contributed by atoms with Crippen LogP contribution in [-0.4, -0.2) is 20.8 Å². The maximum atomic E-state index is 5.40. The largest absolute Gasteiger partial charge is 0.493 e. The fourth-order valence-corrected chi connectivity index (χ4v) is 2.43. The molecule has 1 unspecified atom stereocenters. The van der Waals surface area contributed by atoms with Crippen LogP contribution in [0.15, 0.2) is 18.2 Å². The van der Waals surface area contributed by atoms with Crippen molar-refractivity contribution in [3.8, 4) is 11.5 Å². The molecule has 114 valence electrons. The van der Waals surface area contributed by atoms with Crippen LogP contribution in [0.2, 0.25) is 0 Å². The van der Waals surface area contributed by atoms with E-state index in [1.165, 1.54) is 18.4 Å². The van der Waals surface area contributed by atoms with Gasteiger partial charge >= 0.3 is 0 Å². The van der Waals surface area contributed by atoms with Gasteiger partial charge in [-0.1, -0.05) is 39.7 Å². The molecule has 0 aliphatic heterocycles. The molecule has 0 aliphatic rings. The summed E-state index contributed by atoms with van der Waals surface area (Å²) >= 11 is 0. The summed E-state index contributed by atoms with van der Waals surface area (Å²) in [5.41, 5.74) is 1.27. The Balaban J connectivity index is 2.79. The molecule has 1 aromatic rings. The topological polar surface area (TPSA) is 30.5 Å². The molecule has 0 saturated heterocycles. The van der Waals surface area contributed by atoms with Gasteiger partial charge in [-0.2, -0.15) is 0 Å². The number of rotatable bonds is 9. The second-order valence-corrected chi connectivity index (χ2v) is 5.55. The smallest absolute Gasteiger partial charge is 0.161 e. The second kappa shape index (κ2) is 8.85. The molecule has 0 amide bonds. The first-order valence-electron chi connectivity index (χ1n) is 7.57. The molecule has 0 heterocycles. The minimum absolute atomic E-state index is 0.388. The lowest BCUT2D eigenvalue weighted by Crippen LogP contribution is -2.21. The highest BCUT2D eigenvalue weighted by atomic mass is 16.5. The monoisotopic (exact) mass is 279 g/mol. The van der Waals surface area contributed by atoms with E-state index >= 15 is 0 Å². The van der Waals surface area contributed by atoms with Crippen LogP contribution in [0.1, 0.15) is 51.6 Å². The van der Waals surface area contributed by atoms with Crippen LogP contribution in [0.4, 0.5) is 0 Å². The molecule has 0 spiro atoms. The first-order chi connectivity index (χ1) is 9.62. The molecular weight excluding hydrogens is 250 g/mol. The fourth-order valence-electron chi connectivity index (χ4n) is 2.43. The van der Waals surface area contributed by atoms with Crippen LogP contribution >= 0.6 is 0 Å². The van der Waals surface area contributed by atoms with Gasteiger partial charge in [0.1, 0.15) is 0 Å². The second-order valence-electron chi connectivity index (χ2n) is 5.55. The molecule has 1 rings (SSSR count). The quantitative estimate of drug-likeness (QED) is 0.735. The maximum absolute atomic E-state index is 5.40. The Morgan fingerprint density at radius 1 is 1.05 bits per heavy atom. The predicted octanol–water partition coefficient (Wildman–Crippen LogP) is 4.18. The Labute approximate surface area is 123 Å². The van der Waals surface area contributed by atoms with Crippen molar-refractivity contribution in [2.75, 3.05) is 20.8 Å². The third kappa shape index (κ3) is 5.04. The van der Waals surface area contributed by atoms with E-state index in [0.29, 0.717) is 6.04 Å². The lowest BCUT2D eigenvalue weighted by atomic mass is 9.97. The number of hydrogen-bond donors (Lipinski definition) is 1. The summed E-state index contributed by atoms with van der Waals surface area (Å²) in [6.07, 6.45) is 3.67. The zero-order chi connectivity index (χ0) is 15.0. The van der Waals surface area contributed by atoms with Gasteiger partial charge in [0.15, 0.2) is 11.5 Å². The number of ether oxygens (including phenoxy) is 2. The summed E-state index contributed by atoms with van der Waals surface area (Å²) in [6.45, 7) is 7.67. The summed E-state index contributed by atoms with van der Waals surface area (Å²) in [5.74, 6) is 2.35. The van der Waals surface area contributed by atoms with E-state index < -0.39 is 0 Å². The molecule has 0 fully saturated rings. The Morgan fingerprint density at radius 3 is 2.30 bits per heavy atom. The number of nitrogens with one attached hydrogen (secondary N) is 1. The maximum Gasteiger partial charge on any atom is 0.161 e. The van der Waals surface area contributed by atoms with E-state index in [4.69, 9.17) is 9.47 Å². The van der Waals surface area contributed by atoms with Gasteiger partial charge in [0.05, 0.1) is 14.2 Å².